The lowest BCUT2D eigenvalue weighted by atomic mass is 10.2. The van der Waals surface area contributed by atoms with E-state index >= 15 is 0 Å². The molecule has 0 amide bonds. The average Bonchev–Trinajstić information content (AvgIpc) is 2.68. The van der Waals surface area contributed by atoms with Crippen molar-refractivity contribution in [3.63, 3.8) is 0 Å². The predicted molar refractivity (Wildman–Crippen MR) is 125 cm³/mol. The number of methoxy groups -OCH3 is 1. The largest absolute Gasteiger partial charge is 0.493 e. The third-order valence-corrected chi connectivity index (χ3v) is 4.01. The molecule has 2 rings (SSSR count). The number of pyridine rings is 1. The number of nitrogens with one attached hydrogen (secondary N) is 2. The molecule has 1 heterocycles. The number of guanidine groups is 1. The molecule has 0 fully saturated rings. The van der Waals surface area contributed by atoms with Crippen LogP contribution in [0.2, 0.25) is 5.15 Å². The highest BCUT2D eigenvalue weighted by Crippen LogP contribution is 2.28. The van der Waals surface area contributed by atoms with E-state index in [1.165, 1.54) is 0 Å². The zero-order valence-electron chi connectivity index (χ0n) is 16.5. The second-order valence-electron chi connectivity index (χ2n) is 5.78. The Bertz CT molecular complexity index is 741. The SMILES string of the molecule is CCNC(=NCc1ccc(OCC)c(OC)c1)NCCc1ccc(Cl)nc1.I. The first-order valence-electron chi connectivity index (χ1n) is 9.08. The molecule has 28 heavy (non-hydrogen) atoms. The second-order valence-corrected chi connectivity index (χ2v) is 6.17. The van der Waals surface area contributed by atoms with Crippen LogP contribution in [0.4, 0.5) is 0 Å². The number of aliphatic imine (C=N–C) groups is 1. The van der Waals surface area contributed by atoms with Crippen LogP contribution in [0, 0.1) is 0 Å². The molecular formula is C20H28ClIN4O2. The summed E-state index contributed by atoms with van der Waals surface area (Å²) in [5.41, 5.74) is 2.17. The minimum absolute atomic E-state index is 0. The van der Waals surface area contributed by atoms with Gasteiger partial charge in [-0.1, -0.05) is 23.7 Å². The van der Waals surface area contributed by atoms with Crippen LogP contribution in [-0.4, -0.2) is 37.7 Å². The Hall–Kier alpha value is -1.74. The summed E-state index contributed by atoms with van der Waals surface area (Å²) in [4.78, 5) is 8.74. The van der Waals surface area contributed by atoms with Crippen LogP contribution >= 0.6 is 35.6 Å². The molecule has 1 aromatic heterocycles. The van der Waals surface area contributed by atoms with Gasteiger partial charge in [-0.25, -0.2) is 9.98 Å². The fourth-order valence-corrected chi connectivity index (χ4v) is 2.59. The number of benzene rings is 1. The second kappa shape index (κ2) is 13.4. The van der Waals surface area contributed by atoms with E-state index in [0.717, 1.165) is 48.1 Å². The number of aromatic nitrogens is 1. The summed E-state index contributed by atoms with van der Waals surface area (Å²) in [7, 11) is 1.64. The highest BCUT2D eigenvalue weighted by Gasteiger charge is 2.05. The maximum Gasteiger partial charge on any atom is 0.191 e. The molecule has 0 aliphatic rings. The Morgan fingerprint density at radius 3 is 2.54 bits per heavy atom. The van der Waals surface area contributed by atoms with Gasteiger partial charge in [-0.05, 0) is 49.6 Å². The Morgan fingerprint density at radius 1 is 1.11 bits per heavy atom. The maximum absolute atomic E-state index is 5.81. The molecule has 2 N–H and O–H groups in total. The minimum atomic E-state index is 0. The molecule has 0 radical (unpaired) electrons. The van der Waals surface area contributed by atoms with E-state index in [-0.39, 0.29) is 24.0 Å². The lowest BCUT2D eigenvalue weighted by molar-refractivity contribution is 0.310. The number of hydrogen-bond acceptors (Lipinski definition) is 4. The molecule has 0 aliphatic heterocycles. The first-order valence-corrected chi connectivity index (χ1v) is 9.46. The molecular weight excluding hydrogens is 491 g/mol. The quantitative estimate of drug-likeness (QED) is 0.227. The van der Waals surface area contributed by atoms with Crippen molar-refractivity contribution >= 4 is 41.5 Å². The average molecular weight is 519 g/mol. The minimum Gasteiger partial charge on any atom is -0.493 e. The van der Waals surface area contributed by atoms with Gasteiger partial charge in [-0.3, -0.25) is 0 Å². The zero-order valence-corrected chi connectivity index (χ0v) is 19.6. The van der Waals surface area contributed by atoms with Gasteiger partial charge >= 0.3 is 0 Å². The van der Waals surface area contributed by atoms with Crippen molar-refractivity contribution in [1.29, 1.82) is 0 Å². The summed E-state index contributed by atoms with van der Waals surface area (Å²) in [5, 5.41) is 7.10. The third kappa shape index (κ3) is 8.10. The van der Waals surface area contributed by atoms with E-state index in [0.29, 0.717) is 18.3 Å². The number of nitrogens with zero attached hydrogens (tertiary/aromatic N) is 2. The fourth-order valence-electron chi connectivity index (χ4n) is 2.48. The summed E-state index contributed by atoms with van der Waals surface area (Å²) in [6.45, 7) is 6.68. The van der Waals surface area contributed by atoms with Gasteiger partial charge in [0.15, 0.2) is 17.5 Å². The number of hydrogen-bond donors (Lipinski definition) is 2. The Labute approximate surface area is 189 Å². The molecule has 0 atom stereocenters. The summed E-state index contributed by atoms with van der Waals surface area (Å²) < 4.78 is 10.9. The van der Waals surface area contributed by atoms with Crippen molar-refractivity contribution in [2.75, 3.05) is 26.8 Å². The molecule has 8 heteroatoms. The smallest absolute Gasteiger partial charge is 0.191 e. The van der Waals surface area contributed by atoms with Crippen LogP contribution in [-0.2, 0) is 13.0 Å². The van der Waals surface area contributed by atoms with Gasteiger partial charge in [0.25, 0.3) is 0 Å². The Balaban J connectivity index is 0.00000392. The summed E-state index contributed by atoms with van der Waals surface area (Å²) in [6.07, 6.45) is 2.63. The van der Waals surface area contributed by atoms with Gasteiger partial charge in [-0.15, -0.1) is 24.0 Å². The number of halogens is 2. The molecule has 0 unspecified atom stereocenters. The topological polar surface area (TPSA) is 67.8 Å². The van der Waals surface area contributed by atoms with Gasteiger partial charge in [0, 0.05) is 19.3 Å². The molecule has 0 saturated carbocycles. The van der Waals surface area contributed by atoms with E-state index in [1.807, 2.05) is 38.1 Å². The van der Waals surface area contributed by atoms with Gasteiger partial charge < -0.3 is 20.1 Å². The first-order chi connectivity index (χ1) is 13.2. The van der Waals surface area contributed by atoms with Gasteiger partial charge in [0.1, 0.15) is 5.15 Å². The lowest BCUT2D eigenvalue weighted by Crippen LogP contribution is -2.38. The zero-order chi connectivity index (χ0) is 19.5. The molecule has 0 saturated heterocycles. The van der Waals surface area contributed by atoms with E-state index < -0.39 is 0 Å². The number of ether oxygens (including phenoxy) is 2. The highest BCUT2D eigenvalue weighted by atomic mass is 127. The van der Waals surface area contributed by atoms with E-state index in [2.05, 4.69) is 20.6 Å². The van der Waals surface area contributed by atoms with Crippen molar-refractivity contribution in [1.82, 2.24) is 15.6 Å². The summed E-state index contributed by atoms with van der Waals surface area (Å²) >= 11 is 5.81. The van der Waals surface area contributed by atoms with E-state index in [1.54, 1.807) is 19.4 Å². The van der Waals surface area contributed by atoms with Gasteiger partial charge in [0.2, 0.25) is 0 Å². The molecule has 154 valence electrons. The van der Waals surface area contributed by atoms with Gasteiger partial charge in [0.05, 0.1) is 20.3 Å². The Morgan fingerprint density at radius 2 is 1.89 bits per heavy atom. The van der Waals surface area contributed by atoms with Crippen LogP contribution in [0.5, 0.6) is 11.5 Å². The van der Waals surface area contributed by atoms with Crippen molar-refractivity contribution in [2.24, 2.45) is 4.99 Å². The first kappa shape index (κ1) is 24.3. The predicted octanol–water partition coefficient (Wildman–Crippen LogP) is 4.06. The normalized spacial score (nSPS) is 10.8. The van der Waals surface area contributed by atoms with Crippen LogP contribution in [0.1, 0.15) is 25.0 Å². The van der Waals surface area contributed by atoms with E-state index in [4.69, 9.17) is 21.1 Å². The third-order valence-electron chi connectivity index (χ3n) is 3.79. The fraction of sp³-hybridized carbons (Fsp3) is 0.400. The molecule has 2 aromatic rings. The standard InChI is InChI=1S/C20H27ClN4O2.HI/c1-4-22-20(23-11-10-15-7-9-19(21)24-13-15)25-14-16-6-8-17(27-5-2)18(12-16)26-3;/h6-9,12-13H,4-5,10-11,14H2,1-3H3,(H2,22,23,25);1H. The molecule has 0 spiro atoms. The van der Waals surface area contributed by atoms with Crippen molar-refractivity contribution in [3.8, 4) is 11.5 Å². The van der Waals surface area contributed by atoms with Crippen LogP contribution in [0.15, 0.2) is 41.5 Å². The molecule has 0 aliphatic carbocycles. The molecule has 1 aromatic carbocycles. The van der Waals surface area contributed by atoms with Crippen LogP contribution in [0.25, 0.3) is 0 Å². The van der Waals surface area contributed by atoms with Crippen LogP contribution < -0.4 is 20.1 Å². The summed E-state index contributed by atoms with van der Waals surface area (Å²) in [5.74, 6) is 2.24. The molecule has 0 bridgehead atoms. The maximum atomic E-state index is 5.81. The molecule has 6 nitrogen and oxygen atoms in total. The van der Waals surface area contributed by atoms with Gasteiger partial charge in [-0.2, -0.15) is 0 Å². The van der Waals surface area contributed by atoms with Crippen LogP contribution in [0.3, 0.4) is 0 Å². The lowest BCUT2D eigenvalue weighted by Gasteiger charge is -2.12. The van der Waals surface area contributed by atoms with Crippen molar-refractivity contribution in [3.05, 3.63) is 52.8 Å². The van der Waals surface area contributed by atoms with Crippen molar-refractivity contribution in [2.45, 2.75) is 26.8 Å². The number of rotatable bonds is 9. The monoisotopic (exact) mass is 518 g/mol. The Kier molecular flexibility index (Phi) is 11.7. The highest BCUT2D eigenvalue weighted by molar-refractivity contribution is 14.0. The van der Waals surface area contributed by atoms with Crippen molar-refractivity contribution < 1.29 is 9.47 Å². The summed E-state index contributed by atoms with van der Waals surface area (Å²) in [6, 6.07) is 9.65. The van der Waals surface area contributed by atoms with E-state index in [9.17, 15) is 0 Å².